The maximum atomic E-state index is 11.5. The molecule has 0 N–H and O–H groups in total. The van der Waals surface area contributed by atoms with Crippen LogP contribution in [0.5, 0.6) is 0 Å². The maximum Gasteiger partial charge on any atom is 0.194 e. The lowest BCUT2D eigenvalue weighted by atomic mass is 10.00. The molecule has 0 atom stereocenters. The molecule has 0 aliphatic rings. The Kier molecular flexibility index (Phi) is 6.48. The first-order valence-electron chi connectivity index (χ1n) is 5.15. The van der Waals surface area contributed by atoms with E-state index in [9.17, 15) is 4.79 Å². The van der Waals surface area contributed by atoms with E-state index in [0.717, 1.165) is 5.75 Å². The van der Waals surface area contributed by atoms with Crippen LogP contribution >= 0.6 is 11.8 Å². The number of hydrogen-bond acceptors (Lipinski definition) is 2. The SMILES string of the molecule is CCCCCCSC(=O)C(C)(C)C. The van der Waals surface area contributed by atoms with Gasteiger partial charge in [0.05, 0.1) is 0 Å². The van der Waals surface area contributed by atoms with Gasteiger partial charge in [0.2, 0.25) is 0 Å². The van der Waals surface area contributed by atoms with Crippen molar-refractivity contribution in [1.82, 2.24) is 0 Å². The molecule has 13 heavy (non-hydrogen) atoms. The number of unbranched alkanes of at least 4 members (excludes halogenated alkanes) is 3. The fourth-order valence-corrected chi connectivity index (χ4v) is 1.88. The second-order valence-corrected chi connectivity index (χ2v) is 5.51. The molecular formula is C11H22OS. The molecule has 0 heterocycles. The zero-order chi connectivity index (χ0) is 10.3. The first kappa shape index (κ1) is 13.0. The van der Waals surface area contributed by atoms with Gasteiger partial charge in [-0.3, -0.25) is 4.79 Å². The van der Waals surface area contributed by atoms with Crippen LogP contribution in [-0.4, -0.2) is 10.9 Å². The quantitative estimate of drug-likeness (QED) is 0.629. The van der Waals surface area contributed by atoms with Crippen LogP contribution in [0.25, 0.3) is 0 Å². The van der Waals surface area contributed by atoms with E-state index in [4.69, 9.17) is 0 Å². The van der Waals surface area contributed by atoms with Gasteiger partial charge in [0.1, 0.15) is 0 Å². The highest BCUT2D eigenvalue weighted by Crippen LogP contribution is 2.23. The highest BCUT2D eigenvalue weighted by molar-refractivity contribution is 8.13. The number of carbonyl (C=O) groups excluding carboxylic acids is 1. The summed E-state index contributed by atoms with van der Waals surface area (Å²) in [6, 6.07) is 0. The molecule has 0 spiro atoms. The van der Waals surface area contributed by atoms with Gasteiger partial charge in [-0.1, -0.05) is 58.7 Å². The minimum Gasteiger partial charge on any atom is -0.287 e. The molecular weight excluding hydrogens is 180 g/mol. The molecule has 0 saturated heterocycles. The summed E-state index contributed by atoms with van der Waals surface area (Å²) >= 11 is 1.49. The summed E-state index contributed by atoms with van der Waals surface area (Å²) in [6.45, 7) is 8.14. The second-order valence-electron chi connectivity index (χ2n) is 4.45. The van der Waals surface area contributed by atoms with Crippen molar-refractivity contribution in [2.75, 3.05) is 5.75 Å². The highest BCUT2D eigenvalue weighted by atomic mass is 32.2. The van der Waals surface area contributed by atoms with Crippen molar-refractivity contribution in [2.24, 2.45) is 5.41 Å². The van der Waals surface area contributed by atoms with Crippen molar-refractivity contribution in [3.05, 3.63) is 0 Å². The van der Waals surface area contributed by atoms with E-state index < -0.39 is 0 Å². The van der Waals surface area contributed by atoms with E-state index in [2.05, 4.69) is 6.92 Å². The summed E-state index contributed by atoms with van der Waals surface area (Å²) < 4.78 is 0. The van der Waals surface area contributed by atoms with Gasteiger partial charge in [-0.25, -0.2) is 0 Å². The first-order chi connectivity index (χ1) is 5.98. The van der Waals surface area contributed by atoms with E-state index in [1.807, 2.05) is 20.8 Å². The van der Waals surface area contributed by atoms with Crippen LogP contribution in [-0.2, 0) is 4.79 Å². The van der Waals surface area contributed by atoms with Crippen LogP contribution in [0.1, 0.15) is 53.4 Å². The minimum atomic E-state index is -0.171. The zero-order valence-electron chi connectivity index (χ0n) is 9.35. The summed E-state index contributed by atoms with van der Waals surface area (Å²) in [5.74, 6) is 0.996. The average Bonchev–Trinajstić information content (AvgIpc) is 2.02. The zero-order valence-corrected chi connectivity index (χ0v) is 10.2. The summed E-state index contributed by atoms with van der Waals surface area (Å²) in [6.07, 6.45) is 5.00. The molecule has 0 aromatic rings. The van der Waals surface area contributed by atoms with Gasteiger partial charge in [-0.05, 0) is 6.42 Å². The van der Waals surface area contributed by atoms with E-state index in [1.54, 1.807) is 0 Å². The third-order valence-corrected chi connectivity index (χ3v) is 3.21. The Hall–Kier alpha value is 0.0200. The fourth-order valence-electron chi connectivity index (χ4n) is 0.910. The van der Waals surface area contributed by atoms with Crippen LogP contribution in [0.4, 0.5) is 0 Å². The van der Waals surface area contributed by atoms with Crippen LogP contribution < -0.4 is 0 Å². The molecule has 0 bridgehead atoms. The van der Waals surface area contributed by atoms with Crippen LogP contribution in [0.15, 0.2) is 0 Å². The molecule has 0 unspecified atom stereocenters. The Morgan fingerprint density at radius 2 is 1.77 bits per heavy atom. The Labute approximate surface area is 86.7 Å². The Morgan fingerprint density at radius 1 is 1.15 bits per heavy atom. The lowest BCUT2D eigenvalue weighted by Crippen LogP contribution is -2.16. The number of thioether (sulfide) groups is 1. The van der Waals surface area contributed by atoms with Crippen LogP contribution in [0, 0.1) is 5.41 Å². The van der Waals surface area contributed by atoms with E-state index >= 15 is 0 Å². The van der Waals surface area contributed by atoms with Crippen LogP contribution in [0.2, 0.25) is 0 Å². The predicted molar refractivity (Wildman–Crippen MR) is 61.1 cm³/mol. The van der Waals surface area contributed by atoms with Gasteiger partial charge < -0.3 is 0 Å². The molecule has 1 nitrogen and oxygen atoms in total. The minimum absolute atomic E-state index is 0.171. The second kappa shape index (κ2) is 6.47. The van der Waals surface area contributed by atoms with Gasteiger partial charge in [-0.2, -0.15) is 0 Å². The van der Waals surface area contributed by atoms with Crippen molar-refractivity contribution in [1.29, 1.82) is 0 Å². The molecule has 0 aromatic heterocycles. The van der Waals surface area contributed by atoms with Crippen molar-refractivity contribution < 1.29 is 4.79 Å². The molecule has 0 aromatic carbocycles. The number of hydrogen-bond donors (Lipinski definition) is 0. The van der Waals surface area contributed by atoms with Gasteiger partial charge in [0.15, 0.2) is 5.12 Å². The molecule has 0 amide bonds. The first-order valence-corrected chi connectivity index (χ1v) is 6.14. The van der Waals surface area contributed by atoms with Crippen molar-refractivity contribution >= 4 is 16.9 Å². The molecule has 0 saturated carbocycles. The normalized spacial score (nSPS) is 11.7. The van der Waals surface area contributed by atoms with E-state index in [0.29, 0.717) is 5.12 Å². The lowest BCUT2D eigenvalue weighted by molar-refractivity contribution is -0.117. The average molecular weight is 202 g/mol. The van der Waals surface area contributed by atoms with Crippen LogP contribution in [0.3, 0.4) is 0 Å². The van der Waals surface area contributed by atoms with Gasteiger partial charge >= 0.3 is 0 Å². The Bertz CT molecular complexity index is 147. The lowest BCUT2D eigenvalue weighted by Gasteiger charge is -2.15. The van der Waals surface area contributed by atoms with Gasteiger partial charge in [-0.15, -0.1) is 0 Å². The summed E-state index contributed by atoms with van der Waals surface area (Å²) in [5.41, 5.74) is -0.171. The molecule has 0 rings (SSSR count). The molecule has 0 radical (unpaired) electrons. The van der Waals surface area contributed by atoms with Gasteiger partial charge in [0.25, 0.3) is 0 Å². The largest absolute Gasteiger partial charge is 0.287 e. The summed E-state index contributed by atoms with van der Waals surface area (Å²) in [7, 11) is 0. The third kappa shape index (κ3) is 7.12. The monoisotopic (exact) mass is 202 g/mol. The predicted octanol–water partition coefficient (Wildman–Crippen LogP) is 3.87. The van der Waals surface area contributed by atoms with Gasteiger partial charge in [0, 0.05) is 11.2 Å². The molecule has 2 heteroatoms. The van der Waals surface area contributed by atoms with E-state index in [1.165, 1.54) is 37.4 Å². The summed E-state index contributed by atoms with van der Waals surface area (Å²) in [5, 5.41) is 0.323. The van der Waals surface area contributed by atoms with Crippen molar-refractivity contribution in [3.63, 3.8) is 0 Å². The molecule has 0 fully saturated rings. The standard InChI is InChI=1S/C11H22OS/c1-5-6-7-8-9-13-10(12)11(2,3)4/h5-9H2,1-4H3. The smallest absolute Gasteiger partial charge is 0.194 e. The highest BCUT2D eigenvalue weighted by Gasteiger charge is 2.20. The number of rotatable bonds is 5. The number of carbonyl (C=O) groups is 1. The third-order valence-electron chi connectivity index (χ3n) is 1.84. The molecule has 0 aliphatic heterocycles. The van der Waals surface area contributed by atoms with Crippen molar-refractivity contribution in [3.8, 4) is 0 Å². The Balaban J connectivity index is 3.38. The fraction of sp³-hybridized carbons (Fsp3) is 0.909. The molecule has 78 valence electrons. The Morgan fingerprint density at radius 3 is 2.23 bits per heavy atom. The molecule has 0 aliphatic carbocycles. The topological polar surface area (TPSA) is 17.1 Å². The maximum absolute atomic E-state index is 11.5. The summed E-state index contributed by atoms with van der Waals surface area (Å²) in [4.78, 5) is 11.5. The van der Waals surface area contributed by atoms with E-state index in [-0.39, 0.29) is 5.41 Å². The van der Waals surface area contributed by atoms with Crippen molar-refractivity contribution in [2.45, 2.75) is 53.4 Å².